The highest BCUT2D eigenvalue weighted by atomic mass is 16.5. The number of fused-ring (bicyclic) bond motifs is 1. The van der Waals surface area contributed by atoms with Gasteiger partial charge >= 0.3 is 13.1 Å². The molecule has 1 saturated heterocycles. The number of benzene rings is 1. The van der Waals surface area contributed by atoms with E-state index in [0.29, 0.717) is 32.3 Å². The summed E-state index contributed by atoms with van der Waals surface area (Å²) in [5, 5.41) is 19.3. The van der Waals surface area contributed by atoms with Crippen LogP contribution in [-0.2, 0) is 11.2 Å². The lowest BCUT2D eigenvalue weighted by molar-refractivity contribution is -0.138. The zero-order valence-electron chi connectivity index (χ0n) is 15.6. The molecule has 1 aromatic rings. The highest BCUT2D eigenvalue weighted by molar-refractivity contribution is 6.44. The van der Waals surface area contributed by atoms with Crippen molar-refractivity contribution in [1.29, 1.82) is 0 Å². The predicted octanol–water partition coefficient (Wildman–Crippen LogP) is 1.40. The zero-order chi connectivity index (χ0) is 19.7. The largest absolute Gasteiger partial charge is 0.535 e. The number of nitrogens with zero attached hydrogens (tertiary/aromatic N) is 2. The molecule has 0 aliphatic carbocycles. The van der Waals surface area contributed by atoms with Crippen molar-refractivity contribution in [2.24, 2.45) is 4.99 Å². The van der Waals surface area contributed by atoms with Gasteiger partial charge in [-0.25, -0.2) is 4.79 Å². The Labute approximate surface area is 163 Å². The van der Waals surface area contributed by atoms with Crippen LogP contribution in [0.1, 0.15) is 41.6 Å². The van der Waals surface area contributed by atoms with Crippen molar-refractivity contribution in [1.82, 2.24) is 4.90 Å². The van der Waals surface area contributed by atoms with Crippen LogP contribution >= 0.6 is 0 Å². The van der Waals surface area contributed by atoms with Crippen molar-refractivity contribution in [2.75, 3.05) is 19.6 Å². The van der Waals surface area contributed by atoms with E-state index in [2.05, 4.69) is 4.99 Å². The fraction of sp³-hybridized carbons (Fsp3) is 0.526. The SMILES string of the molecule is O=C(O)c1c(OC2CN(C(=O)CC3=NCCCC3)C2)ccc2c1OB(O)CC2. The van der Waals surface area contributed by atoms with Crippen molar-refractivity contribution < 1.29 is 29.1 Å². The van der Waals surface area contributed by atoms with Crippen LogP contribution in [0.15, 0.2) is 17.1 Å². The molecule has 1 amide bonds. The van der Waals surface area contributed by atoms with Crippen LogP contribution in [0.4, 0.5) is 0 Å². The van der Waals surface area contributed by atoms with E-state index >= 15 is 0 Å². The van der Waals surface area contributed by atoms with E-state index in [4.69, 9.17) is 9.39 Å². The number of amides is 1. The van der Waals surface area contributed by atoms with Crippen LogP contribution < -0.4 is 9.39 Å². The minimum Gasteiger partial charge on any atom is -0.535 e. The maximum absolute atomic E-state index is 12.3. The van der Waals surface area contributed by atoms with Gasteiger partial charge in [-0.3, -0.25) is 9.79 Å². The van der Waals surface area contributed by atoms with Gasteiger partial charge in [-0.1, -0.05) is 6.07 Å². The number of carbonyl (C=O) groups excluding carboxylic acids is 1. The van der Waals surface area contributed by atoms with Gasteiger partial charge in [-0.15, -0.1) is 0 Å². The van der Waals surface area contributed by atoms with Gasteiger partial charge in [0.05, 0.1) is 19.5 Å². The van der Waals surface area contributed by atoms with Crippen LogP contribution in [-0.4, -0.2) is 65.5 Å². The molecule has 0 unspecified atom stereocenters. The second-order valence-corrected chi connectivity index (χ2v) is 7.46. The Kier molecular flexibility index (Phi) is 5.26. The average Bonchev–Trinajstić information content (AvgIpc) is 2.64. The summed E-state index contributed by atoms with van der Waals surface area (Å²) < 4.78 is 11.2. The lowest BCUT2D eigenvalue weighted by atomic mass is 9.78. The Bertz CT molecular complexity index is 821. The fourth-order valence-electron chi connectivity index (χ4n) is 3.80. The van der Waals surface area contributed by atoms with Crippen LogP contribution in [0, 0.1) is 0 Å². The molecule has 4 rings (SSSR count). The highest BCUT2D eigenvalue weighted by Gasteiger charge is 2.35. The summed E-state index contributed by atoms with van der Waals surface area (Å²) >= 11 is 0. The van der Waals surface area contributed by atoms with Crippen LogP contribution in [0.25, 0.3) is 0 Å². The van der Waals surface area contributed by atoms with Crippen molar-refractivity contribution in [3.05, 3.63) is 23.3 Å². The third kappa shape index (κ3) is 3.85. The first-order valence-electron chi connectivity index (χ1n) is 9.72. The summed E-state index contributed by atoms with van der Waals surface area (Å²) in [6.07, 6.45) is 4.14. The number of likely N-dealkylation sites (tertiary alicyclic amines) is 1. The minimum absolute atomic E-state index is 0.0378. The molecule has 148 valence electrons. The molecule has 0 saturated carbocycles. The molecule has 28 heavy (non-hydrogen) atoms. The van der Waals surface area contributed by atoms with Gasteiger partial charge in [0.15, 0.2) is 0 Å². The zero-order valence-corrected chi connectivity index (χ0v) is 15.6. The van der Waals surface area contributed by atoms with Crippen molar-refractivity contribution in [3.63, 3.8) is 0 Å². The molecule has 9 heteroatoms. The average molecular weight is 386 g/mol. The van der Waals surface area contributed by atoms with Crippen molar-refractivity contribution in [3.8, 4) is 11.5 Å². The predicted molar refractivity (Wildman–Crippen MR) is 102 cm³/mol. The Hall–Kier alpha value is -2.55. The normalized spacial score (nSPS) is 19.2. The minimum atomic E-state index is -1.16. The molecule has 2 N–H and O–H groups in total. The van der Waals surface area contributed by atoms with Gasteiger partial charge in [0.25, 0.3) is 0 Å². The van der Waals surface area contributed by atoms with Crippen LogP contribution in [0.3, 0.4) is 0 Å². The van der Waals surface area contributed by atoms with E-state index in [1.807, 2.05) is 0 Å². The first kappa shape index (κ1) is 18.8. The third-order valence-corrected chi connectivity index (χ3v) is 5.39. The maximum atomic E-state index is 12.3. The third-order valence-electron chi connectivity index (χ3n) is 5.39. The van der Waals surface area contributed by atoms with Crippen molar-refractivity contribution >= 4 is 24.7 Å². The number of hydrogen-bond acceptors (Lipinski definition) is 6. The first-order chi connectivity index (χ1) is 13.5. The summed E-state index contributed by atoms with van der Waals surface area (Å²) in [5.41, 5.74) is 1.64. The van der Waals surface area contributed by atoms with E-state index in [0.717, 1.165) is 37.1 Å². The monoisotopic (exact) mass is 386 g/mol. The van der Waals surface area contributed by atoms with Gasteiger partial charge < -0.3 is 24.4 Å². The van der Waals surface area contributed by atoms with E-state index in [1.54, 1.807) is 17.0 Å². The number of rotatable bonds is 5. The molecular weight excluding hydrogens is 363 g/mol. The number of carboxylic acids is 1. The van der Waals surface area contributed by atoms with E-state index in [-0.39, 0.29) is 29.1 Å². The summed E-state index contributed by atoms with van der Waals surface area (Å²) in [5.74, 6) is -0.750. The fourth-order valence-corrected chi connectivity index (χ4v) is 3.80. The maximum Gasteiger partial charge on any atom is 0.522 e. The molecular formula is C19H23BN2O6. The Morgan fingerprint density at radius 2 is 2.11 bits per heavy atom. The molecule has 1 aromatic carbocycles. The Morgan fingerprint density at radius 1 is 1.29 bits per heavy atom. The number of hydrogen-bond donors (Lipinski definition) is 2. The lowest BCUT2D eigenvalue weighted by Crippen LogP contribution is -2.56. The second kappa shape index (κ2) is 7.83. The summed E-state index contributed by atoms with van der Waals surface area (Å²) in [6, 6.07) is 3.40. The van der Waals surface area contributed by atoms with Crippen molar-refractivity contribution in [2.45, 2.75) is 44.5 Å². The van der Waals surface area contributed by atoms with E-state index < -0.39 is 13.1 Å². The molecule has 3 aliphatic rings. The van der Waals surface area contributed by atoms with Gasteiger partial charge in [0, 0.05) is 12.3 Å². The number of carbonyl (C=O) groups is 2. The molecule has 0 aromatic heterocycles. The van der Waals surface area contributed by atoms with Gasteiger partial charge in [-0.05, 0) is 43.6 Å². The standard InChI is InChI=1S/C19H23BN2O6/c23-16(9-13-3-1-2-8-21-13)22-10-14(11-22)27-15-5-4-12-6-7-20(26)28-18(12)17(15)19(24)25/h4-5,14,26H,1-3,6-11H2,(H,24,25). The van der Waals surface area contributed by atoms with Gasteiger partial charge in [-0.2, -0.15) is 0 Å². The molecule has 0 bridgehead atoms. The molecule has 3 heterocycles. The Balaban J connectivity index is 1.39. The number of aromatic carboxylic acids is 1. The first-order valence-corrected chi connectivity index (χ1v) is 9.72. The second-order valence-electron chi connectivity index (χ2n) is 7.46. The molecule has 0 atom stereocenters. The van der Waals surface area contributed by atoms with Gasteiger partial charge in [0.1, 0.15) is 23.2 Å². The van der Waals surface area contributed by atoms with E-state index in [1.165, 1.54) is 0 Å². The molecule has 0 spiro atoms. The molecule has 8 nitrogen and oxygen atoms in total. The van der Waals surface area contributed by atoms with Gasteiger partial charge in [0.2, 0.25) is 5.91 Å². The Morgan fingerprint density at radius 3 is 2.82 bits per heavy atom. The topological polar surface area (TPSA) is 109 Å². The van der Waals surface area contributed by atoms with Crippen LogP contribution in [0.5, 0.6) is 11.5 Å². The smallest absolute Gasteiger partial charge is 0.522 e. The summed E-state index contributed by atoms with van der Waals surface area (Å²) in [4.78, 5) is 30.2. The molecule has 1 fully saturated rings. The number of carboxylic acid groups (broad SMARTS) is 1. The highest BCUT2D eigenvalue weighted by Crippen LogP contribution is 2.37. The number of aryl methyl sites for hydroxylation is 1. The number of aliphatic imine (C=N–C) groups is 1. The molecule has 3 aliphatic heterocycles. The lowest BCUT2D eigenvalue weighted by Gasteiger charge is -2.39. The summed E-state index contributed by atoms with van der Waals surface area (Å²) in [6.45, 7) is 1.65. The quantitative estimate of drug-likeness (QED) is 0.741. The summed E-state index contributed by atoms with van der Waals surface area (Å²) in [7, 11) is -1.01. The van der Waals surface area contributed by atoms with E-state index in [9.17, 15) is 19.7 Å². The number of ether oxygens (including phenoxy) is 1. The van der Waals surface area contributed by atoms with Crippen LogP contribution in [0.2, 0.25) is 6.32 Å². The molecule has 0 radical (unpaired) electrons.